The summed E-state index contributed by atoms with van der Waals surface area (Å²) in [6, 6.07) is 10.7. The normalized spacial score (nSPS) is 29.9. The number of hydrogen-bond acceptors (Lipinski definition) is 4. The van der Waals surface area contributed by atoms with E-state index < -0.39 is 9.84 Å². The van der Waals surface area contributed by atoms with Crippen molar-refractivity contribution < 1.29 is 18.0 Å². The second-order valence-electron chi connectivity index (χ2n) is 9.68. The first-order valence-corrected chi connectivity index (χ1v) is 11.9. The van der Waals surface area contributed by atoms with Crippen LogP contribution in [0.4, 0.5) is 0 Å². The molecule has 30 heavy (non-hydrogen) atoms. The molecule has 6 heteroatoms. The Hall–Kier alpha value is -2.47. The molecule has 3 aliphatic rings. The molecule has 1 N–H and O–H groups in total. The predicted octanol–water partition coefficient (Wildman–Crippen LogP) is 4.01. The van der Waals surface area contributed by atoms with Crippen LogP contribution in [0.3, 0.4) is 0 Å². The summed E-state index contributed by atoms with van der Waals surface area (Å²) in [5.74, 6) is -0.0236. The Bertz CT molecular complexity index is 1210. The van der Waals surface area contributed by atoms with Crippen LogP contribution in [0.15, 0.2) is 52.3 Å². The van der Waals surface area contributed by atoms with E-state index in [1.807, 2.05) is 0 Å². The molecule has 1 amide bonds. The van der Waals surface area contributed by atoms with Gasteiger partial charge in [0.2, 0.25) is 9.84 Å². The number of fused-ring (bicyclic) bond motifs is 4. The molecule has 5 rings (SSSR count). The van der Waals surface area contributed by atoms with Gasteiger partial charge in [-0.1, -0.05) is 32.9 Å². The highest BCUT2D eigenvalue weighted by Crippen LogP contribution is 2.65. The number of sulfone groups is 1. The Labute approximate surface area is 176 Å². The number of ketones is 1. The second kappa shape index (κ2) is 6.03. The van der Waals surface area contributed by atoms with Gasteiger partial charge in [-0.15, -0.1) is 0 Å². The van der Waals surface area contributed by atoms with Crippen molar-refractivity contribution in [3.63, 3.8) is 0 Å². The van der Waals surface area contributed by atoms with Crippen LogP contribution in [-0.2, 0) is 9.84 Å². The van der Waals surface area contributed by atoms with Gasteiger partial charge < -0.3 is 5.32 Å². The summed E-state index contributed by atoms with van der Waals surface area (Å²) >= 11 is 0. The highest BCUT2D eigenvalue weighted by Gasteiger charge is 2.61. The average molecular weight is 424 g/mol. The van der Waals surface area contributed by atoms with Crippen molar-refractivity contribution >= 4 is 21.5 Å². The van der Waals surface area contributed by atoms with Crippen LogP contribution in [0.1, 0.15) is 66.3 Å². The van der Waals surface area contributed by atoms with Gasteiger partial charge in [0.25, 0.3) is 5.91 Å². The third-order valence-electron chi connectivity index (χ3n) is 8.30. The standard InChI is InChI=1S/C24H25NO4S/c1-23(2)15-10-11-24(23,3)20(13-15)25-22(27)14-8-9-17-19(12-14)30(28,29)18-7-5-4-6-16(18)21(17)26/h4-9,12,15,20H,10-11,13H2,1-3H3,(H,25,27)/t15-,20-,24+/m0/s1. The van der Waals surface area contributed by atoms with Crippen LogP contribution in [-0.4, -0.2) is 26.2 Å². The largest absolute Gasteiger partial charge is 0.349 e. The Kier molecular flexibility index (Phi) is 3.92. The fraction of sp³-hybridized carbons (Fsp3) is 0.417. The van der Waals surface area contributed by atoms with Gasteiger partial charge in [0.1, 0.15) is 0 Å². The van der Waals surface area contributed by atoms with Crippen LogP contribution in [0.25, 0.3) is 0 Å². The van der Waals surface area contributed by atoms with Crippen molar-refractivity contribution in [2.75, 3.05) is 0 Å². The fourth-order valence-corrected chi connectivity index (χ4v) is 7.57. The first-order valence-electron chi connectivity index (χ1n) is 10.4. The van der Waals surface area contributed by atoms with E-state index in [0.717, 1.165) is 12.8 Å². The first-order chi connectivity index (χ1) is 14.1. The van der Waals surface area contributed by atoms with Gasteiger partial charge in [-0.05, 0) is 66.3 Å². The minimum absolute atomic E-state index is 0.00224. The van der Waals surface area contributed by atoms with Crippen LogP contribution in [0.5, 0.6) is 0 Å². The van der Waals surface area contributed by atoms with Crippen molar-refractivity contribution in [3.05, 3.63) is 59.2 Å². The van der Waals surface area contributed by atoms with Crippen molar-refractivity contribution in [2.24, 2.45) is 16.7 Å². The SMILES string of the molecule is CC1(C)[C@H]2CC[C@]1(C)[C@@H](NC(=O)c1ccc3c(c1)S(=O)(=O)c1ccccc1C3=O)C2. The van der Waals surface area contributed by atoms with Crippen LogP contribution >= 0.6 is 0 Å². The molecule has 156 valence electrons. The summed E-state index contributed by atoms with van der Waals surface area (Å²) < 4.78 is 26.2. The second-order valence-corrected chi connectivity index (χ2v) is 11.6. The molecule has 0 spiro atoms. The maximum absolute atomic E-state index is 13.1. The van der Waals surface area contributed by atoms with E-state index in [2.05, 4.69) is 26.1 Å². The maximum Gasteiger partial charge on any atom is 0.251 e. The van der Waals surface area contributed by atoms with Crippen LogP contribution in [0.2, 0.25) is 0 Å². The summed E-state index contributed by atoms with van der Waals surface area (Å²) in [6.45, 7) is 6.81. The van der Waals surface area contributed by atoms with Crippen molar-refractivity contribution in [1.82, 2.24) is 5.32 Å². The molecule has 0 unspecified atom stereocenters. The van der Waals surface area contributed by atoms with Gasteiger partial charge in [0.15, 0.2) is 5.78 Å². The number of carbonyl (C=O) groups excluding carboxylic acids is 2. The summed E-state index contributed by atoms with van der Waals surface area (Å²) in [5, 5.41) is 3.17. The molecular weight excluding hydrogens is 398 g/mol. The molecule has 2 fully saturated rings. The fourth-order valence-electron chi connectivity index (χ4n) is 5.89. The molecule has 1 heterocycles. The molecule has 5 nitrogen and oxygen atoms in total. The van der Waals surface area contributed by atoms with E-state index in [4.69, 9.17) is 0 Å². The van der Waals surface area contributed by atoms with E-state index in [1.165, 1.54) is 30.7 Å². The first kappa shape index (κ1) is 19.5. The summed E-state index contributed by atoms with van der Waals surface area (Å²) in [5.41, 5.74) is 0.772. The Morgan fingerprint density at radius 1 is 1.03 bits per heavy atom. The zero-order valence-corrected chi connectivity index (χ0v) is 18.2. The third-order valence-corrected chi connectivity index (χ3v) is 10.2. The number of nitrogens with one attached hydrogen (secondary N) is 1. The predicted molar refractivity (Wildman–Crippen MR) is 112 cm³/mol. The van der Waals surface area contributed by atoms with Gasteiger partial charge in [0.05, 0.1) is 9.79 Å². The number of amides is 1. The summed E-state index contributed by atoms with van der Waals surface area (Å²) in [4.78, 5) is 25.8. The van der Waals surface area contributed by atoms with Gasteiger partial charge in [-0.2, -0.15) is 0 Å². The van der Waals surface area contributed by atoms with Crippen molar-refractivity contribution in [3.8, 4) is 0 Å². The Morgan fingerprint density at radius 2 is 1.73 bits per heavy atom. The highest BCUT2D eigenvalue weighted by molar-refractivity contribution is 7.91. The monoisotopic (exact) mass is 423 g/mol. The van der Waals surface area contributed by atoms with Crippen LogP contribution in [0, 0.1) is 16.7 Å². The zero-order valence-electron chi connectivity index (χ0n) is 17.4. The van der Waals surface area contributed by atoms with Crippen LogP contribution < -0.4 is 5.32 Å². The Balaban J connectivity index is 1.49. The number of carbonyl (C=O) groups is 2. The molecule has 1 aliphatic heterocycles. The zero-order chi connectivity index (χ0) is 21.5. The molecule has 2 aliphatic carbocycles. The summed E-state index contributed by atoms with van der Waals surface area (Å²) in [6.07, 6.45) is 3.22. The Morgan fingerprint density at radius 3 is 2.40 bits per heavy atom. The summed E-state index contributed by atoms with van der Waals surface area (Å²) in [7, 11) is -3.86. The minimum Gasteiger partial charge on any atom is -0.349 e. The molecule has 3 atom stereocenters. The van der Waals surface area contributed by atoms with Gasteiger partial charge in [0, 0.05) is 22.7 Å². The minimum atomic E-state index is -3.86. The van der Waals surface area contributed by atoms with E-state index in [1.54, 1.807) is 18.2 Å². The van der Waals surface area contributed by atoms with Gasteiger partial charge >= 0.3 is 0 Å². The quantitative estimate of drug-likeness (QED) is 0.675. The lowest BCUT2D eigenvalue weighted by molar-refractivity contribution is 0.0825. The number of benzene rings is 2. The van der Waals surface area contributed by atoms with Crippen molar-refractivity contribution in [2.45, 2.75) is 55.9 Å². The lowest BCUT2D eigenvalue weighted by atomic mass is 9.69. The lowest BCUT2D eigenvalue weighted by Crippen LogP contribution is -2.46. The molecule has 2 bridgehead atoms. The van der Waals surface area contributed by atoms with E-state index in [0.29, 0.717) is 5.92 Å². The number of hydrogen-bond donors (Lipinski definition) is 1. The molecule has 0 saturated heterocycles. The lowest BCUT2D eigenvalue weighted by Gasteiger charge is -2.39. The van der Waals surface area contributed by atoms with E-state index in [9.17, 15) is 18.0 Å². The van der Waals surface area contributed by atoms with E-state index >= 15 is 0 Å². The highest BCUT2D eigenvalue weighted by atomic mass is 32.2. The third kappa shape index (κ3) is 2.37. The van der Waals surface area contributed by atoms with Gasteiger partial charge in [-0.3, -0.25) is 9.59 Å². The molecular formula is C24H25NO4S. The molecule has 0 radical (unpaired) electrons. The molecule has 2 aromatic carbocycles. The topological polar surface area (TPSA) is 80.3 Å². The smallest absolute Gasteiger partial charge is 0.251 e. The number of rotatable bonds is 2. The molecule has 0 aromatic heterocycles. The molecule has 2 aromatic rings. The van der Waals surface area contributed by atoms with Crippen molar-refractivity contribution in [1.29, 1.82) is 0 Å². The molecule has 2 saturated carbocycles. The van der Waals surface area contributed by atoms with Gasteiger partial charge in [-0.25, -0.2) is 8.42 Å². The average Bonchev–Trinajstić information content (AvgIpc) is 3.05. The van der Waals surface area contributed by atoms with E-state index in [-0.39, 0.29) is 55.0 Å². The maximum atomic E-state index is 13.1.